The van der Waals surface area contributed by atoms with E-state index >= 15 is 0 Å². The number of nitrogens with zero attached hydrogens (tertiary/aromatic N) is 1. The summed E-state index contributed by atoms with van der Waals surface area (Å²) < 4.78 is 7.84. The van der Waals surface area contributed by atoms with Gasteiger partial charge in [-0.3, -0.25) is 14.9 Å². The molecule has 1 aromatic carbocycles. The number of hydrogen-bond acceptors (Lipinski definition) is 4. The Hall–Kier alpha value is -2.62. The molecule has 2 N–H and O–H groups in total. The van der Waals surface area contributed by atoms with E-state index in [4.69, 9.17) is 4.74 Å². The van der Waals surface area contributed by atoms with Crippen LogP contribution in [-0.4, -0.2) is 42.2 Å². The largest absolute Gasteiger partial charge is 0.365 e. The van der Waals surface area contributed by atoms with Crippen LogP contribution in [0.1, 0.15) is 42.9 Å². The fraction of sp³-hybridized carbons (Fsp3) is 0.455. The summed E-state index contributed by atoms with van der Waals surface area (Å²) in [7, 11) is 0. The highest BCUT2D eigenvalue weighted by Crippen LogP contribution is 2.30. The molecule has 0 radical (unpaired) electrons. The fourth-order valence-electron chi connectivity index (χ4n) is 4.07. The van der Waals surface area contributed by atoms with Gasteiger partial charge < -0.3 is 14.6 Å². The molecule has 146 valence electrons. The van der Waals surface area contributed by atoms with Crippen molar-refractivity contribution < 1.29 is 14.3 Å². The quantitative estimate of drug-likeness (QED) is 0.632. The van der Waals surface area contributed by atoms with E-state index in [1.165, 1.54) is 0 Å². The lowest BCUT2D eigenvalue weighted by Crippen LogP contribution is -2.41. The first-order chi connectivity index (χ1) is 13.6. The first kappa shape index (κ1) is 18.7. The van der Waals surface area contributed by atoms with Gasteiger partial charge in [0.1, 0.15) is 12.6 Å². The molecule has 0 saturated carbocycles. The molecule has 2 aromatic rings. The number of benzene rings is 1. The number of rotatable bonds is 3. The summed E-state index contributed by atoms with van der Waals surface area (Å²) >= 11 is 0. The molecule has 28 heavy (non-hydrogen) atoms. The van der Waals surface area contributed by atoms with Crippen LogP contribution in [0, 0.1) is 18.8 Å². The number of piperidine rings is 2. The molecule has 1 atom stereocenters. The van der Waals surface area contributed by atoms with Crippen molar-refractivity contribution >= 4 is 22.7 Å². The van der Waals surface area contributed by atoms with Gasteiger partial charge in [0, 0.05) is 23.6 Å². The summed E-state index contributed by atoms with van der Waals surface area (Å²) in [6, 6.07) is 5.60. The fourth-order valence-corrected chi connectivity index (χ4v) is 4.07. The van der Waals surface area contributed by atoms with E-state index in [0.29, 0.717) is 25.6 Å². The van der Waals surface area contributed by atoms with E-state index in [1.54, 1.807) is 0 Å². The number of ether oxygens (including phenoxy) is 1. The maximum atomic E-state index is 12.3. The van der Waals surface area contributed by atoms with Crippen LogP contribution in [0.4, 0.5) is 0 Å². The molecule has 4 rings (SSSR count). The van der Waals surface area contributed by atoms with Gasteiger partial charge in [-0.1, -0.05) is 17.9 Å². The van der Waals surface area contributed by atoms with Crippen LogP contribution in [0.15, 0.2) is 24.4 Å². The standard InChI is InChI=1S/C22H25N3O3/c1-15-14-25(19-7-8-20(26)24-22(19)27)18-6-2-4-16(21(15)18)5-3-13-28-17-9-11-23-12-10-17/h2,4,6,14,17,19,23H,7-13H2,1H3,(H,24,26,27). The van der Waals surface area contributed by atoms with Crippen LogP contribution in [0.2, 0.25) is 0 Å². The Balaban J connectivity index is 1.56. The molecular formula is C22H25N3O3. The molecule has 2 aliphatic heterocycles. The Bertz CT molecular complexity index is 961. The number of carbonyl (C=O) groups excluding carboxylic acids is 2. The minimum absolute atomic E-state index is 0.199. The zero-order chi connectivity index (χ0) is 19.5. The second-order valence-corrected chi connectivity index (χ2v) is 7.45. The predicted molar refractivity (Wildman–Crippen MR) is 107 cm³/mol. The van der Waals surface area contributed by atoms with Gasteiger partial charge in [0.05, 0.1) is 11.6 Å². The SMILES string of the molecule is Cc1cn(C2CCC(=O)NC2=O)c2cccc(C#CCOC3CCNCC3)c12. The molecule has 6 nitrogen and oxygen atoms in total. The highest BCUT2D eigenvalue weighted by molar-refractivity contribution is 6.00. The molecule has 6 heteroatoms. The lowest BCUT2D eigenvalue weighted by Gasteiger charge is -2.23. The molecule has 2 fully saturated rings. The average molecular weight is 379 g/mol. The van der Waals surface area contributed by atoms with Crippen molar-refractivity contribution in [1.29, 1.82) is 0 Å². The molecule has 1 aromatic heterocycles. The van der Waals surface area contributed by atoms with E-state index in [9.17, 15) is 9.59 Å². The molecule has 2 saturated heterocycles. The van der Waals surface area contributed by atoms with Crippen molar-refractivity contribution in [1.82, 2.24) is 15.2 Å². The van der Waals surface area contributed by atoms with Gasteiger partial charge in [-0.15, -0.1) is 0 Å². The molecule has 0 aliphatic carbocycles. The van der Waals surface area contributed by atoms with Crippen molar-refractivity contribution in [3.63, 3.8) is 0 Å². The van der Waals surface area contributed by atoms with Crippen LogP contribution in [0.25, 0.3) is 10.9 Å². The molecule has 0 spiro atoms. The second kappa shape index (κ2) is 8.17. The Morgan fingerprint density at radius 1 is 1.21 bits per heavy atom. The maximum Gasteiger partial charge on any atom is 0.249 e. The third kappa shape index (κ3) is 3.82. The zero-order valence-electron chi connectivity index (χ0n) is 16.1. The lowest BCUT2D eigenvalue weighted by molar-refractivity contribution is -0.135. The van der Waals surface area contributed by atoms with Gasteiger partial charge in [0.25, 0.3) is 0 Å². The van der Waals surface area contributed by atoms with E-state index in [2.05, 4.69) is 22.5 Å². The van der Waals surface area contributed by atoms with Gasteiger partial charge in [0.2, 0.25) is 11.8 Å². The van der Waals surface area contributed by atoms with E-state index in [0.717, 1.165) is 48.0 Å². The van der Waals surface area contributed by atoms with Crippen molar-refractivity contribution in [3.8, 4) is 11.8 Å². The highest BCUT2D eigenvalue weighted by Gasteiger charge is 2.29. The highest BCUT2D eigenvalue weighted by atomic mass is 16.5. The summed E-state index contributed by atoms with van der Waals surface area (Å²) in [5, 5.41) is 6.83. The minimum Gasteiger partial charge on any atom is -0.365 e. The zero-order valence-corrected chi connectivity index (χ0v) is 16.1. The Morgan fingerprint density at radius 3 is 2.82 bits per heavy atom. The Labute approximate surface area is 164 Å². The number of amides is 2. The third-order valence-electron chi connectivity index (χ3n) is 5.49. The predicted octanol–water partition coefficient (Wildman–Crippen LogP) is 2.05. The summed E-state index contributed by atoms with van der Waals surface area (Å²) in [6.45, 7) is 4.46. The van der Waals surface area contributed by atoms with Crippen molar-refractivity contribution in [2.45, 2.75) is 44.8 Å². The van der Waals surface area contributed by atoms with Crippen LogP contribution in [0.3, 0.4) is 0 Å². The number of aromatic nitrogens is 1. The topological polar surface area (TPSA) is 72.4 Å². The van der Waals surface area contributed by atoms with Gasteiger partial charge in [0.15, 0.2) is 0 Å². The number of aryl methyl sites for hydroxylation is 1. The van der Waals surface area contributed by atoms with E-state index < -0.39 is 0 Å². The van der Waals surface area contributed by atoms with Crippen LogP contribution in [0.5, 0.6) is 0 Å². The Morgan fingerprint density at radius 2 is 2.04 bits per heavy atom. The summed E-state index contributed by atoms with van der Waals surface area (Å²) in [5.74, 6) is 5.95. The normalized spacial score (nSPS) is 20.7. The summed E-state index contributed by atoms with van der Waals surface area (Å²) in [5.41, 5.74) is 2.98. The third-order valence-corrected chi connectivity index (χ3v) is 5.49. The van der Waals surface area contributed by atoms with E-state index in [-0.39, 0.29) is 17.9 Å². The number of nitrogens with one attached hydrogen (secondary N) is 2. The molecule has 0 bridgehead atoms. The number of hydrogen-bond donors (Lipinski definition) is 2. The molecule has 1 unspecified atom stereocenters. The van der Waals surface area contributed by atoms with Gasteiger partial charge in [-0.25, -0.2) is 0 Å². The van der Waals surface area contributed by atoms with Crippen LogP contribution in [-0.2, 0) is 14.3 Å². The van der Waals surface area contributed by atoms with E-state index in [1.807, 2.05) is 35.9 Å². The van der Waals surface area contributed by atoms with Gasteiger partial charge in [-0.05, 0) is 57.0 Å². The Kier molecular flexibility index (Phi) is 5.47. The number of carbonyl (C=O) groups is 2. The lowest BCUT2D eigenvalue weighted by atomic mass is 10.1. The minimum atomic E-state index is -0.361. The van der Waals surface area contributed by atoms with Crippen molar-refractivity contribution in [2.24, 2.45) is 0 Å². The van der Waals surface area contributed by atoms with Crippen LogP contribution >= 0.6 is 0 Å². The summed E-state index contributed by atoms with van der Waals surface area (Å²) in [6.07, 6.45) is 5.23. The molecule has 2 aliphatic rings. The molecule has 2 amide bonds. The van der Waals surface area contributed by atoms with Gasteiger partial charge in [-0.2, -0.15) is 0 Å². The second-order valence-electron chi connectivity index (χ2n) is 7.45. The maximum absolute atomic E-state index is 12.3. The monoisotopic (exact) mass is 379 g/mol. The number of imide groups is 1. The van der Waals surface area contributed by atoms with Crippen molar-refractivity contribution in [3.05, 3.63) is 35.5 Å². The van der Waals surface area contributed by atoms with Crippen molar-refractivity contribution in [2.75, 3.05) is 19.7 Å². The first-order valence-electron chi connectivity index (χ1n) is 9.88. The average Bonchev–Trinajstić information content (AvgIpc) is 3.03. The first-order valence-corrected chi connectivity index (χ1v) is 9.88. The molecule has 3 heterocycles. The number of fused-ring (bicyclic) bond motifs is 1. The molecular weight excluding hydrogens is 354 g/mol. The van der Waals surface area contributed by atoms with Crippen LogP contribution < -0.4 is 10.6 Å². The summed E-state index contributed by atoms with van der Waals surface area (Å²) in [4.78, 5) is 23.8. The smallest absolute Gasteiger partial charge is 0.249 e. The van der Waals surface area contributed by atoms with Gasteiger partial charge >= 0.3 is 0 Å².